The van der Waals surface area contributed by atoms with Crippen molar-refractivity contribution in [3.8, 4) is 11.5 Å². The van der Waals surface area contributed by atoms with Gasteiger partial charge in [-0.05, 0) is 6.07 Å². The molecule has 1 heterocycles. The second kappa shape index (κ2) is 3.78. The second-order valence-electron chi connectivity index (χ2n) is 3.20. The molecule has 0 aliphatic heterocycles. The van der Waals surface area contributed by atoms with Crippen LogP contribution < -0.4 is 10.4 Å². The van der Waals surface area contributed by atoms with Crippen LogP contribution in [0.5, 0.6) is 11.5 Å². The zero-order valence-corrected chi connectivity index (χ0v) is 8.67. The van der Waals surface area contributed by atoms with E-state index in [4.69, 9.17) is 9.15 Å². The van der Waals surface area contributed by atoms with E-state index in [0.717, 1.165) is 12.1 Å². The van der Waals surface area contributed by atoms with Gasteiger partial charge >= 0.3 is 11.3 Å². The van der Waals surface area contributed by atoms with E-state index in [0.29, 0.717) is 0 Å². The van der Waals surface area contributed by atoms with E-state index in [1.54, 1.807) is 0 Å². The number of phenolic OH excluding ortho intramolecular Hbond substituents is 1. The van der Waals surface area contributed by atoms with Gasteiger partial charge in [0.05, 0.1) is 23.5 Å². The number of nitro groups is 1. The summed E-state index contributed by atoms with van der Waals surface area (Å²) in [6, 6.07) is 3.48. The van der Waals surface area contributed by atoms with Crippen molar-refractivity contribution in [2.45, 2.75) is 0 Å². The molecule has 0 saturated heterocycles. The molecule has 0 saturated carbocycles. The van der Waals surface area contributed by atoms with E-state index in [2.05, 4.69) is 0 Å². The summed E-state index contributed by atoms with van der Waals surface area (Å²) in [6.45, 7) is 0. The van der Waals surface area contributed by atoms with Crippen molar-refractivity contribution in [3.63, 3.8) is 0 Å². The molecule has 7 nitrogen and oxygen atoms in total. The third kappa shape index (κ3) is 1.67. The standard InChI is InChI=1S/C10H7NO6/c1-16-10-5-2-3-8(12)17-7(5)4-6(9(10)13)11(14)15/h2-4,13H,1H3. The van der Waals surface area contributed by atoms with Gasteiger partial charge in [0.1, 0.15) is 5.58 Å². The minimum Gasteiger partial charge on any atom is -0.499 e. The van der Waals surface area contributed by atoms with Crippen LogP contribution in [-0.4, -0.2) is 17.1 Å². The van der Waals surface area contributed by atoms with Crippen molar-refractivity contribution in [1.82, 2.24) is 0 Å². The van der Waals surface area contributed by atoms with Crippen molar-refractivity contribution in [3.05, 3.63) is 38.7 Å². The van der Waals surface area contributed by atoms with E-state index < -0.39 is 22.0 Å². The monoisotopic (exact) mass is 237 g/mol. The number of nitro benzene ring substituents is 1. The Bertz CT molecular complexity index is 660. The summed E-state index contributed by atoms with van der Waals surface area (Å²) in [7, 11) is 1.25. The first-order valence-electron chi connectivity index (χ1n) is 4.53. The Balaban J connectivity index is 2.93. The van der Waals surface area contributed by atoms with Crippen LogP contribution in [0.15, 0.2) is 27.4 Å². The molecular formula is C10H7NO6. The Hall–Kier alpha value is -2.57. The molecule has 17 heavy (non-hydrogen) atoms. The lowest BCUT2D eigenvalue weighted by molar-refractivity contribution is -0.385. The van der Waals surface area contributed by atoms with Crippen molar-refractivity contribution >= 4 is 16.7 Å². The SMILES string of the molecule is COc1c(O)c([N+](=O)[O-])cc2oc(=O)ccc12. The predicted molar refractivity (Wildman–Crippen MR) is 57.4 cm³/mol. The molecule has 0 aliphatic rings. The Morgan fingerprint density at radius 3 is 2.76 bits per heavy atom. The number of methoxy groups -OCH3 is 1. The van der Waals surface area contributed by atoms with Gasteiger partial charge in [-0.3, -0.25) is 10.1 Å². The van der Waals surface area contributed by atoms with E-state index >= 15 is 0 Å². The van der Waals surface area contributed by atoms with Crippen LogP contribution in [0.3, 0.4) is 0 Å². The number of nitrogens with zero attached hydrogens (tertiary/aromatic N) is 1. The molecule has 1 N–H and O–H groups in total. The zero-order chi connectivity index (χ0) is 12.6. The van der Waals surface area contributed by atoms with Crippen LogP contribution in [0.2, 0.25) is 0 Å². The Labute approximate surface area is 94.0 Å². The lowest BCUT2D eigenvalue weighted by Crippen LogP contribution is -1.98. The average Bonchev–Trinajstić information content (AvgIpc) is 2.28. The third-order valence-corrected chi connectivity index (χ3v) is 2.23. The molecule has 0 spiro atoms. The highest BCUT2D eigenvalue weighted by Crippen LogP contribution is 2.41. The van der Waals surface area contributed by atoms with Crippen LogP contribution in [0.25, 0.3) is 11.0 Å². The molecule has 0 fully saturated rings. The van der Waals surface area contributed by atoms with E-state index in [1.807, 2.05) is 0 Å². The Morgan fingerprint density at radius 1 is 1.47 bits per heavy atom. The summed E-state index contributed by atoms with van der Waals surface area (Å²) in [5.41, 5.74) is -1.23. The Morgan fingerprint density at radius 2 is 2.18 bits per heavy atom. The molecule has 0 aliphatic carbocycles. The number of ether oxygens (including phenoxy) is 1. The minimum atomic E-state index is -0.787. The quantitative estimate of drug-likeness (QED) is 0.481. The fourth-order valence-electron chi connectivity index (χ4n) is 1.51. The van der Waals surface area contributed by atoms with Gasteiger partial charge in [0.15, 0.2) is 5.75 Å². The van der Waals surface area contributed by atoms with Crippen LogP contribution in [0, 0.1) is 10.1 Å². The molecule has 2 rings (SSSR count). The first-order chi connectivity index (χ1) is 8.04. The number of phenols is 1. The molecule has 0 bridgehead atoms. The maximum atomic E-state index is 11.0. The smallest absolute Gasteiger partial charge is 0.336 e. The van der Waals surface area contributed by atoms with Gasteiger partial charge in [-0.2, -0.15) is 0 Å². The van der Waals surface area contributed by atoms with Crippen molar-refractivity contribution in [2.75, 3.05) is 7.11 Å². The summed E-state index contributed by atoms with van der Waals surface area (Å²) >= 11 is 0. The maximum absolute atomic E-state index is 11.0. The number of fused-ring (bicyclic) bond motifs is 1. The van der Waals surface area contributed by atoms with Crippen LogP contribution in [0.4, 0.5) is 5.69 Å². The van der Waals surface area contributed by atoms with E-state index in [1.165, 1.54) is 13.2 Å². The molecule has 0 atom stereocenters. The van der Waals surface area contributed by atoms with Crippen molar-refractivity contribution in [2.24, 2.45) is 0 Å². The number of hydrogen-bond donors (Lipinski definition) is 1. The fraction of sp³-hybridized carbons (Fsp3) is 0.100. The molecule has 1 aromatic heterocycles. The summed E-state index contributed by atoms with van der Waals surface area (Å²) in [6.07, 6.45) is 0. The molecule has 0 unspecified atom stereocenters. The van der Waals surface area contributed by atoms with Crippen LogP contribution >= 0.6 is 0 Å². The molecule has 0 radical (unpaired) electrons. The molecule has 7 heteroatoms. The first kappa shape index (κ1) is 10.9. The van der Waals surface area contributed by atoms with Gasteiger partial charge in [-0.1, -0.05) is 0 Å². The molecule has 0 amide bonds. The van der Waals surface area contributed by atoms with Gasteiger partial charge in [-0.15, -0.1) is 0 Å². The number of hydrogen-bond acceptors (Lipinski definition) is 6. The third-order valence-electron chi connectivity index (χ3n) is 2.23. The van der Waals surface area contributed by atoms with Gasteiger partial charge in [-0.25, -0.2) is 4.79 Å². The first-order valence-corrected chi connectivity index (χ1v) is 4.53. The minimum absolute atomic E-state index is 0.0150. The lowest BCUT2D eigenvalue weighted by Gasteiger charge is -2.06. The van der Waals surface area contributed by atoms with E-state index in [-0.39, 0.29) is 16.7 Å². The summed E-state index contributed by atoms with van der Waals surface area (Å²) in [5.74, 6) is -0.697. The summed E-state index contributed by atoms with van der Waals surface area (Å²) < 4.78 is 9.67. The highest BCUT2D eigenvalue weighted by atomic mass is 16.6. The second-order valence-corrected chi connectivity index (χ2v) is 3.20. The Kier molecular flexibility index (Phi) is 2.43. The molecule has 1 aromatic carbocycles. The number of aromatic hydroxyl groups is 1. The summed E-state index contributed by atoms with van der Waals surface area (Å²) in [5, 5.41) is 20.6. The number of rotatable bonds is 2. The van der Waals surface area contributed by atoms with Crippen molar-refractivity contribution < 1.29 is 19.2 Å². The lowest BCUT2D eigenvalue weighted by atomic mass is 10.2. The zero-order valence-electron chi connectivity index (χ0n) is 8.67. The molecular weight excluding hydrogens is 230 g/mol. The van der Waals surface area contributed by atoms with E-state index in [9.17, 15) is 20.0 Å². The highest BCUT2D eigenvalue weighted by molar-refractivity contribution is 5.89. The highest BCUT2D eigenvalue weighted by Gasteiger charge is 2.22. The average molecular weight is 237 g/mol. The topological polar surface area (TPSA) is 103 Å². The van der Waals surface area contributed by atoms with Gasteiger partial charge in [0.25, 0.3) is 0 Å². The molecule has 2 aromatic rings. The van der Waals surface area contributed by atoms with Gasteiger partial charge in [0, 0.05) is 6.07 Å². The van der Waals surface area contributed by atoms with Crippen molar-refractivity contribution in [1.29, 1.82) is 0 Å². The summed E-state index contributed by atoms with van der Waals surface area (Å²) in [4.78, 5) is 20.9. The predicted octanol–water partition coefficient (Wildman–Crippen LogP) is 1.42. The van der Waals surface area contributed by atoms with Gasteiger partial charge in [0.2, 0.25) is 5.75 Å². The van der Waals surface area contributed by atoms with Gasteiger partial charge < -0.3 is 14.3 Å². The largest absolute Gasteiger partial charge is 0.499 e. The molecule has 88 valence electrons. The van der Waals surface area contributed by atoms with Crippen LogP contribution in [-0.2, 0) is 0 Å². The van der Waals surface area contributed by atoms with Crippen LogP contribution in [0.1, 0.15) is 0 Å². The normalized spacial score (nSPS) is 10.4. The fourth-order valence-corrected chi connectivity index (χ4v) is 1.51. The number of benzene rings is 1. The maximum Gasteiger partial charge on any atom is 0.336 e.